The number of aromatic nitrogens is 3. The van der Waals surface area contributed by atoms with E-state index in [0.717, 1.165) is 38.8 Å². The van der Waals surface area contributed by atoms with Crippen LogP contribution in [0.25, 0.3) is 91.7 Å². The van der Waals surface area contributed by atoms with Gasteiger partial charge in [-0.05, 0) is 69.2 Å². The second-order valence-electron chi connectivity index (χ2n) is 11.4. The predicted molar refractivity (Wildman–Crippen MR) is 187 cm³/mol. The first-order valence-electron chi connectivity index (χ1n) is 14.8. The molecule has 0 saturated heterocycles. The molecule has 0 aliphatic rings. The summed E-state index contributed by atoms with van der Waals surface area (Å²) in [5, 5.41) is 8.62. The van der Waals surface area contributed by atoms with Gasteiger partial charge in [-0.1, -0.05) is 97.1 Å². The number of benzene rings is 6. The second-order valence-corrected chi connectivity index (χ2v) is 12.5. The minimum absolute atomic E-state index is 1.01. The maximum absolute atomic E-state index is 5.19. The smallest absolute Gasteiger partial charge is 0.156 e. The van der Waals surface area contributed by atoms with Crippen LogP contribution < -0.4 is 0 Å². The highest BCUT2D eigenvalue weighted by Gasteiger charge is 2.18. The number of nitrogens with zero attached hydrogens (tertiary/aromatic N) is 3. The molecule has 0 unspecified atom stereocenters. The quantitative estimate of drug-likeness (QED) is 0.191. The topological polar surface area (TPSA) is 30.2 Å². The van der Waals surface area contributed by atoms with E-state index in [1.54, 1.807) is 0 Å². The van der Waals surface area contributed by atoms with Gasteiger partial charge in [0, 0.05) is 32.4 Å². The molecule has 0 amide bonds. The minimum atomic E-state index is 1.01. The number of rotatable bonds is 2. The third-order valence-corrected chi connectivity index (χ3v) is 10.2. The van der Waals surface area contributed by atoms with Crippen molar-refractivity contribution in [2.24, 2.45) is 0 Å². The lowest BCUT2D eigenvalue weighted by molar-refractivity contribution is 1.25. The molecule has 10 aromatic rings. The average Bonchev–Trinajstić information content (AvgIpc) is 3.65. The van der Waals surface area contributed by atoms with Gasteiger partial charge in [0.1, 0.15) is 0 Å². The molecule has 6 aromatic carbocycles. The van der Waals surface area contributed by atoms with Crippen LogP contribution in [-0.4, -0.2) is 14.4 Å². The molecule has 10 rings (SSSR count). The van der Waals surface area contributed by atoms with Crippen LogP contribution >= 0.6 is 11.3 Å². The molecule has 3 nitrogen and oxygen atoms in total. The van der Waals surface area contributed by atoms with Crippen molar-refractivity contribution < 1.29 is 0 Å². The molecule has 0 aliphatic carbocycles. The minimum Gasteiger partial charge on any atom is -0.291 e. The first-order chi connectivity index (χ1) is 21.8. The molecular formula is C40H23N3S. The van der Waals surface area contributed by atoms with Crippen LogP contribution in [0.2, 0.25) is 0 Å². The van der Waals surface area contributed by atoms with Crippen LogP contribution in [0.3, 0.4) is 0 Å². The van der Waals surface area contributed by atoms with Crippen molar-refractivity contribution in [1.29, 1.82) is 0 Å². The Balaban J connectivity index is 1.21. The molecule has 0 atom stereocenters. The maximum atomic E-state index is 5.19. The Kier molecular flexibility index (Phi) is 4.87. The van der Waals surface area contributed by atoms with E-state index in [4.69, 9.17) is 9.97 Å². The normalized spacial score (nSPS) is 12.1. The zero-order valence-electron chi connectivity index (χ0n) is 23.5. The lowest BCUT2D eigenvalue weighted by Crippen LogP contribution is -1.93. The van der Waals surface area contributed by atoms with Crippen LogP contribution in [0.4, 0.5) is 0 Å². The van der Waals surface area contributed by atoms with Gasteiger partial charge in [0.15, 0.2) is 5.65 Å². The Hall–Kier alpha value is -5.58. The summed E-state index contributed by atoms with van der Waals surface area (Å²) < 4.78 is 4.86. The van der Waals surface area contributed by atoms with Crippen LogP contribution in [0.1, 0.15) is 0 Å². The molecule has 0 bridgehead atoms. The van der Waals surface area contributed by atoms with E-state index in [0.29, 0.717) is 0 Å². The number of hydrogen-bond donors (Lipinski definition) is 0. The fourth-order valence-electron chi connectivity index (χ4n) is 6.92. The first-order valence-corrected chi connectivity index (χ1v) is 15.6. The molecule has 0 spiro atoms. The van der Waals surface area contributed by atoms with E-state index in [9.17, 15) is 0 Å². The van der Waals surface area contributed by atoms with E-state index in [-0.39, 0.29) is 0 Å². The zero-order chi connectivity index (χ0) is 28.8. The lowest BCUT2D eigenvalue weighted by atomic mass is 9.95. The van der Waals surface area contributed by atoms with Crippen molar-refractivity contribution in [1.82, 2.24) is 14.4 Å². The summed E-state index contributed by atoms with van der Waals surface area (Å²) >= 11 is 1.84. The summed E-state index contributed by atoms with van der Waals surface area (Å²) in [7, 11) is 0. The molecule has 204 valence electrons. The highest BCUT2D eigenvalue weighted by molar-refractivity contribution is 7.26. The van der Waals surface area contributed by atoms with Crippen LogP contribution in [0.5, 0.6) is 0 Å². The summed E-state index contributed by atoms with van der Waals surface area (Å²) in [5.41, 5.74) is 8.91. The summed E-state index contributed by atoms with van der Waals surface area (Å²) in [6, 6.07) is 48.2. The maximum Gasteiger partial charge on any atom is 0.156 e. The summed E-state index contributed by atoms with van der Waals surface area (Å²) in [5.74, 6) is 0. The molecular weight excluding hydrogens is 555 g/mol. The van der Waals surface area contributed by atoms with E-state index < -0.39 is 0 Å². The van der Waals surface area contributed by atoms with Crippen molar-refractivity contribution in [3.8, 4) is 22.4 Å². The monoisotopic (exact) mass is 577 g/mol. The Morgan fingerprint density at radius 1 is 0.545 bits per heavy atom. The third kappa shape index (κ3) is 3.37. The van der Waals surface area contributed by atoms with Gasteiger partial charge in [-0.15, -0.1) is 11.3 Å². The molecule has 0 aliphatic heterocycles. The lowest BCUT2D eigenvalue weighted by Gasteiger charge is -2.12. The Bertz CT molecular complexity index is 2770. The van der Waals surface area contributed by atoms with Crippen molar-refractivity contribution >= 4 is 80.6 Å². The highest BCUT2D eigenvalue weighted by Crippen LogP contribution is 2.42. The van der Waals surface area contributed by atoms with E-state index in [1.807, 2.05) is 23.6 Å². The Morgan fingerprint density at radius 2 is 1.34 bits per heavy atom. The Morgan fingerprint density at radius 3 is 2.25 bits per heavy atom. The van der Waals surface area contributed by atoms with Gasteiger partial charge in [-0.25, -0.2) is 4.98 Å². The van der Waals surface area contributed by atoms with Gasteiger partial charge in [0.25, 0.3) is 0 Å². The van der Waals surface area contributed by atoms with Crippen LogP contribution in [-0.2, 0) is 0 Å². The number of imidazole rings is 1. The fourth-order valence-corrected chi connectivity index (χ4v) is 8.11. The second kappa shape index (κ2) is 8.96. The molecule has 0 N–H and O–H groups in total. The largest absolute Gasteiger partial charge is 0.291 e. The number of pyridine rings is 2. The van der Waals surface area contributed by atoms with Gasteiger partial charge in [0.2, 0.25) is 0 Å². The van der Waals surface area contributed by atoms with Gasteiger partial charge in [-0.3, -0.25) is 9.38 Å². The van der Waals surface area contributed by atoms with E-state index >= 15 is 0 Å². The van der Waals surface area contributed by atoms with Crippen molar-refractivity contribution in [2.45, 2.75) is 0 Å². The highest BCUT2D eigenvalue weighted by atomic mass is 32.1. The standard InChI is InChI=1S/C40H23N3S/c1-2-8-28-22-37-32(21-27(28)7-1)33-23-36(43-35-13-4-3-12-34(35)42-40(43)39(33)44-37)25-16-14-24(15-17-25)29-10-5-11-31-30(29)19-18-26-9-6-20-41-38(26)31/h1-23H. The van der Waals surface area contributed by atoms with Crippen LogP contribution in [0, 0.1) is 0 Å². The van der Waals surface area contributed by atoms with E-state index in [2.05, 4.69) is 132 Å². The van der Waals surface area contributed by atoms with Crippen molar-refractivity contribution in [3.05, 3.63) is 140 Å². The summed E-state index contributed by atoms with van der Waals surface area (Å²) in [6.45, 7) is 0. The van der Waals surface area contributed by atoms with Gasteiger partial charge < -0.3 is 0 Å². The molecule has 4 heterocycles. The van der Waals surface area contributed by atoms with Gasteiger partial charge in [-0.2, -0.15) is 0 Å². The SMILES string of the molecule is c1ccc2cc3c(cc2c1)sc1c3cc(-c2ccc(-c3cccc4c3ccc3cccnc34)cc2)n2c3ccccc3nc12. The predicted octanol–water partition coefficient (Wildman–Crippen LogP) is 11.0. The van der Waals surface area contributed by atoms with Gasteiger partial charge >= 0.3 is 0 Å². The summed E-state index contributed by atoms with van der Waals surface area (Å²) in [6.07, 6.45) is 1.87. The van der Waals surface area contributed by atoms with Gasteiger partial charge in [0.05, 0.1) is 26.9 Å². The molecule has 0 radical (unpaired) electrons. The zero-order valence-corrected chi connectivity index (χ0v) is 24.3. The van der Waals surface area contributed by atoms with Crippen molar-refractivity contribution in [3.63, 3.8) is 0 Å². The number of hydrogen-bond acceptors (Lipinski definition) is 3. The number of fused-ring (bicyclic) bond motifs is 11. The van der Waals surface area contributed by atoms with Crippen LogP contribution in [0.15, 0.2) is 140 Å². The fraction of sp³-hybridized carbons (Fsp3) is 0. The average molecular weight is 578 g/mol. The molecule has 4 aromatic heterocycles. The molecule has 0 saturated carbocycles. The van der Waals surface area contributed by atoms with E-state index in [1.165, 1.54) is 52.8 Å². The third-order valence-electron chi connectivity index (χ3n) is 9.00. The first kappa shape index (κ1) is 23.9. The Labute approximate surface area is 256 Å². The summed E-state index contributed by atoms with van der Waals surface area (Å²) in [4.78, 5) is 9.88. The molecule has 4 heteroatoms. The number of thiophene rings is 1. The van der Waals surface area contributed by atoms with Crippen molar-refractivity contribution in [2.75, 3.05) is 0 Å². The molecule has 44 heavy (non-hydrogen) atoms. The molecule has 0 fully saturated rings. The number of para-hydroxylation sites is 2.